The monoisotopic (exact) mass is 461 g/mol. The van der Waals surface area contributed by atoms with Crippen molar-refractivity contribution in [2.24, 2.45) is 0 Å². The molecular formula is C21H21ClFN5O4. The van der Waals surface area contributed by atoms with E-state index in [2.05, 4.69) is 15.3 Å². The van der Waals surface area contributed by atoms with Gasteiger partial charge < -0.3 is 24.6 Å². The molecule has 2 N–H and O–H groups in total. The first-order valence-corrected chi connectivity index (χ1v) is 10.00. The minimum absolute atomic E-state index is 0. The molecule has 4 heterocycles. The van der Waals surface area contributed by atoms with Gasteiger partial charge in [0.2, 0.25) is 11.4 Å². The molecule has 32 heavy (non-hydrogen) atoms. The molecule has 0 amide bonds. The lowest BCUT2D eigenvalue weighted by Crippen LogP contribution is -2.30. The van der Waals surface area contributed by atoms with Gasteiger partial charge in [-0.05, 0) is 25.5 Å². The predicted octanol–water partition coefficient (Wildman–Crippen LogP) is 2.69. The number of aromatic carboxylic acids is 1. The Hall–Kier alpha value is -3.40. The van der Waals surface area contributed by atoms with E-state index in [0.29, 0.717) is 24.6 Å². The summed E-state index contributed by atoms with van der Waals surface area (Å²) < 4.78 is 22.9. The zero-order valence-corrected chi connectivity index (χ0v) is 17.9. The van der Waals surface area contributed by atoms with E-state index in [1.807, 2.05) is 11.8 Å². The summed E-state index contributed by atoms with van der Waals surface area (Å²) in [4.78, 5) is 34.4. The quantitative estimate of drug-likeness (QED) is 0.610. The first-order valence-electron chi connectivity index (χ1n) is 10.00. The Morgan fingerprint density at radius 2 is 2.09 bits per heavy atom. The van der Waals surface area contributed by atoms with Gasteiger partial charge in [0.1, 0.15) is 17.9 Å². The van der Waals surface area contributed by atoms with E-state index in [9.17, 15) is 14.7 Å². The van der Waals surface area contributed by atoms with Crippen molar-refractivity contribution in [2.75, 3.05) is 29.9 Å². The van der Waals surface area contributed by atoms with Crippen LogP contribution < -0.4 is 20.4 Å². The highest BCUT2D eigenvalue weighted by molar-refractivity contribution is 5.97. The van der Waals surface area contributed by atoms with Crippen LogP contribution in [0.25, 0.3) is 10.9 Å². The van der Waals surface area contributed by atoms with E-state index in [0.717, 1.165) is 12.5 Å². The van der Waals surface area contributed by atoms with Crippen LogP contribution in [0.1, 0.15) is 29.7 Å². The number of anilines is 2. The molecule has 9 nitrogen and oxygen atoms in total. The molecule has 3 aromatic rings. The van der Waals surface area contributed by atoms with Gasteiger partial charge in [0.25, 0.3) is 0 Å². The van der Waals surface area contributed by atoms with Gasteiger partial charge in [-0.15, -0.1) is 12.4 Å². The van der Waals surface area contributed by atoms with Crippen LogP contribution in [-0.2, 0) is 0 Å². The molecular weight excluding hydrogens is 441 g/mol. The number of pyridine rings is 1. The Morgan fingerprint density at radius 3 is 2.81 bits per heavy atom. The molecule has 1 fully saturated rings. The van der Waals surface area contributed by atoms with Crippen LogP contribution in [0.15, 0.2) is 35.5 Å². The van der Waals surface area contributed by atoms with Gasteiger partial charge in [-0.1, -0.05) is 0 Å². The van der Waals surface area contributed by atoms with Crippen molar-refractivity contribution < 1.29 is 19.0 Å². The number of nitrogens with zero attached hydrogens (tertiary/aromatic N) is 4. The summed E-state index contributed by atoms with van der Waals surface area (Å²) in [5.41, 5.74) is -0.389. The number of hydrogen-bond acceptors (Lipinski definition) is 7. The molecule has 2 aliphatic rings. The first kappa shape index (κ1) is 21.8. The maximum atomic E-state index is 15.3. The molecule has 0 radical (unpaired) electrons. The highest BCUT2D eigenvalue weighted by Crippen LogP contribution is 2.42. The maximum absolute atomic E-state index is 15.3. The van der Waals surface area contributed by atoms with Gasteiger partial charge in [-0.2, -0.15) is 0 Å². The van der Waals surface area contributed by atoms with Crippen LogP contribution in [0.2, 0.25) is 0 Å². The minimum atomic E-state index is -1.34. The number of rotatable bonds is 4. The molecule has 1 saturated heterocycles. The van der Waals surface area contributed by atoms with Crippen molar-refractivity contribution in [3.63, 3.8) is 0 Å². The van der Waals surface area contributed by atoms with Gasteiger partial charge in [-0.25, -0.2) is 19.2 Å². The van der Waals surface area contributed by atoms with Crippen molar-refractivity contribution in [2.45, 2.75) is 25.4 Å². The Labute approximate surface area is 188 Å². The second kappa shape index (κ2) is 8.27. The zero-order valence-electron chi connectivity index (χ0n) is 17.1. The number of ether oxygens (including phenoxy) is 1. The van der Waals surface area contributed by atoms with Crippen molar-refractivity contribution in [3.05, 3.63) is 52.3 Å². The SMILES string of the molecule is C[C@H]1COc2c(N3CCC(Nc4ncccn4)C3)c(F)cc3c(=O)c(C(=O)O)cn1c23.Cl. The standard InChI is InChI=1S/C21H20FN5O4.ClH/c1-11-10-31-19-16-13(18(28)14(20(29)30)9-27(11)16)7-15(22)17(19)26-6-3-12(8-26)25-21-23-4-2-5-24-21;/h2,4-5,7,9,11-12H,3,6,8,10H2,1H3,(H,29,30)(H,23,24,25);1H/t11-,12?;/m0./s1. The predicted molar refractivity (Wildman–Crippen MR) is 119 cm³/mol. The number of benzene rings is 1. The van der Waals surface area contributed by atoms with Crippen LogP contribution >= 0.6 is 12.4 Å². The van der Waals surface area contributed by atoms with E-state index in [4.69, 9.17) is 4.74 Å². The van der Waals surface area contributed by atoms with Crippen LogP contribution in [0.4, 0.5) is 16.0 Å². The summed E-state index contributed by atoms with van der Waals surface area (Å²) >= 11 is 0. The number of carboxylic acid groups (broad SMARTS) is 1. The fourth-order valence-electron chi connectivity index (χ4n) is 4.30. The number of hydrogen-bond donors (Lipinski definition) is 2. The Bertz CT molecular complexity index is 1250. The molecule has 168 valence electrons. The van der Waals surface area contributed by atoms with Crippen molar-refractivity contribution >= 4 is 40.9 Å². The molecule has 2 aromatic heterocycles. The summed E-state index contributed by atoms with van der Waals surface area (Å²) in [6.07, 6.45) is 5.37. The number of nitrogens with one attached hydrogen (secondary N) is 1. The molecule has 0 bridgehead atoms. The van der Waals surface area contributed by atoms with Crippen LogP contribution in [0.3, 0.4) is 0 Å². The molecule has 1 aromatic carbocycles. The number of carbonyl (C=O) groups is 1. The lowest BCUT2D eigenvalue weighted by molar-refractivity contribution is 0.0694. The van der Waals surface area contributed by atoms with E-state index in [-0.39, 0.29) is 53.5 Å². The van der Waals surface area contributed by atoms with Crippen molar-refractivity contribution in [3.8, 4) is 5.75 Å². The summed E-state index contributed by atoms with van der Waals surface area (Å²) in [5.74, 6) is -1.16. The van der Waals surface area contributed by atoms with Crippen molar-refractivity contribution in [1.82, 2.24) is 14.5 Å². The lowest BCUT2D eigenvalue weighted by atomic mass is 10.1. The van der Waals surface area contributed by atoms with Gasteiger partial charge in [0, 0.05) is 37.7 Å². The van der Waals surface area contributed by atoms with E-state index >= 15 is 4.39 Å². The van der Waals surface area contributed by atoms with E-state index in [1.165, 1.54) is 6.20 Å². The highest BCUT2D eigenvalue weighted by Gasteiger charge is 2.33. The Morgan fingerprint density at radius 1 is 1.34 bits per heavy atom. The second-order valence-electron chi connectivity index (χ2n) is 7.82. The van der Waals surface area contributed by atoms with Gasteiger partial charge in [0.15, 0.2) is 11.6 Å². The molecule has 1 unspecified atom stereocenters. The Kier molecular flexibility index (Phi) is 5.64. The normalized spacial score (nSPS) is 19.4. The highest BCUT2D eigenvalue weighted by atomic mass is 35.5. The lowest BCUT2D eigenvalue weighted by Gasteiger charge is -2.31. The first-order chi connectivity index (χ1) is 14.9. The fourth-order valence-corrected chi connectivity index (χ4v) is 4.30. The van der Waals surface area contributed by atoms with E-state index in [1.54, 1.807) is 23.0 Å². The summed E-state index contributed by atoms with van der Waals surface area (Å²) in [7, 11) is 0. The summed E-state index contributed by atoms with van der Waals surface area (Å²) in [6.45, 7) is 3.19. The second-order valence-corrected chi connectivity index (χ2v) is 7.82. The third-order valence-electron chi connectivity index (χ3n) is 5.78. The minimum Gasteiger partial charge on any atom is -0.487 e. The number of aromatic nitrogens is 3. The third kappa shape index (κ3) is 3.50. The van der Waals surface area contributed by atoms with Gasteiger partial charge in [0.05, 0.1) is 16.9 Å². The van der Waals surface area contributed by atoms with E-state index < -0.39 is 17.2 Å². The summed E-state index contributed by atoms with van der Waals surface area (Å²) in [5, 5.41) is 12.7. The molecule has 5 rings (SSSR count). The number of halogens is 2. The average molecular weight is 462 g/mol. The zero-order chi connectivity index (χ0) is 21.7. The maximum Gasteiger partial charge on any atom is 0.341 e. The van der Waals surface area contributed by atoms with Crippen LogP contribution in [0, 0.1) is 5.82 Å². The topological polar surface area (TPSA) is 110 Å². The molecule has 2 atom stereocenters. The Balaban J connectivity index is 0.00000245. The average Bonchev–Trinajstić information content (AvgIpc) is 3.20. The molecule has 2 aliphatic heterocycles. The molecule has 0 spiro atoms. The number of carboxylic acids is 1. The third-order valence-corrected chi connectivity index (χ3v) is 5.78. The van der Waals surface area contributed by atoms with Gasteiger partial charge in [-0.3, -0.25) is 4.79 Å². The van der Waals surface area contributed by atoms with Crippen molar-refractivity contribution in [1.29, 1.82) is 0 Å². The smallest absolute Gasteiger partial charge is 0.341 e. The van der Waals surface area contributed by atoms with Crippen LogP contribution in [0.5, 0.6) is 5.75 Å². The van der Waals surface area contributed by atoms with Gasteiger partial charge >= 0.3 is 5.97 Å². The molecule has 0 aliphatic carbocycles. The fraction of sp³-hybridized carbons (Fsp3) is 0.333. The largest absolute Gasteiger partial charge is 0.487 e. The van der Waals surface area contributed by atoms with Crippen LogP contribution in [-0.4, -0.2) is 51.3 Å². The molecule has 0 saturated carbocycles. The summed E-state index contributed by atoms with van der Waals surface area (Å²) in [6, 6.07) is 2.68. The molecule has 11 heteroatoms.